The molecule has 1 fully saturated rings. The van der Waals surface area contributed by atoms with Gasteiger partial charge in [-0.3, -0.25) is 4.79 Å². The summed E-state index contributed by atoms with van der Waals surface area (Å²) >= 11 is 0. The van der Waals surface area contributed by atoms with E-state index in [1.54, 1.807) is 11.0 Å². The third-order valence-corrected chi connectivity index (χ3v) is 2.69. The number of rotatable bonds is 3. The predicted octanol–water partition coefficient (Wildman–Crippen LogP) is 0.665. The third kappa shape index (κ3) is 2.80. The largest absolute Gasteiger partial charge is 0.335 e. The van der Waals surface area contributed by atoms with Crippen LogP contribution < -0.4 is 5.32 Å². The van der Waals surface area contributed by atoms with Crippen LogP contribution in [0.2, 0.25) is 0 Å². The van der Waals surface area contributed by atoms with Gasteiger partial charge in [-0.1, -0.05) is 6.08 Å². The van der Waals surface area contributed by atoms with Crippen molar-refractivity contribution in [3.63, 3.8) is 0 Å². The van der Waals surface area contributed by atoms with Crippen molar-refractivity contribution in [1.29, 1.82) is 5.26 Å². The maximum absolute atomic E-state index is 12.0. The molecule has 0 spiro atoms. The molecule has 1 aliphatic rings. The Balaban J connectivity index is 2.76. The Morgan fingerprint density at radius 3 is 3.13 bits per heavy atom. The summed E-state index contributed by atoms with van der Waals surface area (Å²) in [6.07, 6.45) is 2.88. The van der Waals surface area contributed by atoms with E-state index in [0.29, 0.717) is 6.54 Å². The Hall–Kier alpha value is -1.34. The second-order valence-corrected chi connectivity index (χ2v) is 3.79. The van der Waals surface area contributed by atoms with Crippen molar-refractivity contribution in [2.75, 3.05) is 13.1 Å². The summed E-state index contributed by atoms with van der Waals surface area (Å²) < 4.78 is 0. The second kappa shape index (κ2) is 5.52. The zero-order chi connectivity index (χ0) is 11.3. The van der Waals surface area contributed by atoms with E-state index in [0.717, 1.165) is 13.0 Å². The summed E-state index contributed by atoms with van der Waals surface area (Å²) in [7, 11) is 0. The summed E-state index contributed by atoms with van der Waals surface area (Å²) in [4.78, 5) is 13.8. The summed E-state index contributed by atoms with van der Waals surface area (Å²) in [6.45, 7) is 7.02. The molecule has 0 radical (unpaired) electrons. The van der Waals surface area contributed by atoms with Gasteiger partial charge in [0, 0.05) is 12.6 Å². The summed E-state index contributed by atoms with van der Waals surface area (Å²) in [5.74, 6) is 0.0152. The number of carbonyl (C=O) groups is 1. The van der Waals surface area contributed by atoms with Crippen molar-refractivity contribution in [2.45, 2.75) is 31.8 Å². The van der Waals surface area contributed by atoms with Crippen molar-refractivity contribution in [2.24, 2.45) is 0 Å². The maximum Gasteiger partial charge on any atom is 0.241 e. The highest BCUT2D eigenvalue weighted by Gasteiger charge is 2.29. The summed E-state index contributed by atoms with van der Waals surface area (Å²) in [5, 5.41) is 11.7. The minimum absolute atomic E-state index is 0.0152. The fourth-order valence-corrected chi connectivity index (χ4v) is 1.79. The van der Waals surface area contributed by atoms with E-state index in [1.807, 2.05) is 13.0 Å². The van der Waals surface area contributed by atoms with Crippen molar-refractivity contribution in [1.82, 2.24) is 10.2 Å². The number of hydrogen-bond donors (Lipinski definition) is 1. The van der Waals surface area contributed by atoms with Crippen LogP contribution in [0.25, 0.3) is 0 Å². The zero-order valence-corrected chi connectivity index (χ0v) is 9.07. The Bertz CT molecular complexity index is 282. The monoisotopic (exact) mass is 207 g/mol. The van der Waals surface area contributed by atoms with Gasteiger partial charge in [-0.05, 0) is 19.9 Å². The molecule has 0 aromatic carbocycles. The van der Waals surface area contributed by atoms with Gasteiger partial charge in [-0.25, -0.2) is 0 Å². The Morgan fingerprint density at radius 1 is 1.80 bits per heavy atom. The summed E-state index contributed by atoms with van der Waals surface area (Å²) in [5.41, 5.74) is 0. The van der Waals surface area contributed by atoms with Gasteiger partial charge in [0.15, 0.2) is 0 Å². The fourth-order valence-electron chi connectivity index (χ4n) is 1.79. The molecule has 0 saturated carbocycles. The van der Waals surface area contributed by atoms with E-state index in [4.69, 9.17) is 5.26 Å². The zero-order valence-electron chi connectivity index (χ0n) is 9.07. The average molecular weight is 207 g/mol. The van der Waals surface area contributed by atoms with Crippen molar-refractivity contribution < 1.29 is 4.79 Å². The Morgan fingerprint density at radius 2 is 2.53 bits per heavy atom. The van der Waals surface area contributed by atoms with Crippen LogP contribution >= 0.6 is 0 Å². The Kier molecular flexibility index (Phi) is 4.32. The minimum atomic E-state index is -0.347. The fraction of sp³-hybridized carbons (Fsp3) is 0.636. The van der Waals surface area contributed by atoms with Gasteiger partial charge < -0.3 is 10.2 Å². The molecule has 4 heteroatoms. The van der Waals surface area contributed by atoms with Crippen molar-refractivity contribution in [3.8, 4) is 6.07 Å². The predicted molar refractivity (Wildman–Crippen MR) is 58.0 cm³/mol. The van der Waals surface area contributed by atoms with Crippen LogP contribution in [0.4, 0.5) is 0 Å². The average Bonchev–Trinajstić information content (AvgIpc) is 2.34. The first-order valence-corrected chi connectivity index (χ1v) is 5.22. The first-order chi connectivity index (χ1) is 7.20. The quantitative estimate of drug-likeness (QED) is 0.692. The van der Waals surface area contributed by atoms with E-state index < -0.39 is 0 Å². The molecule has 1 saturated heterocycles. The first kappa shape index (κ1) is 11.7. The van der Waals surface area contributed by atoms with E-state index in [9.17, 15) is 4.79 Å². The lowest BCUT2D eigenvalue weighted by atomic mass is 10.1. The van der Waals surface area contributed by atoms with E-state index in [2.05, 4.69) is 11.9 Å². The lowest BCUT2D eigenvalue weighted by molar-refractivity contribution is -0.133. The van der Waals surface area contributed by atoms with Gasteiger partial charge in [-0.15, -0.1) is 6.58 Å². The molecule has 1 amide bonds. The van der Waals surface area contributed by atoms with Gasteiger partial charge in [0.25, 0.3) is 0 Å². The van der Waals surface area contributed by atoms with Crippen molar-refractivity contribution in [3.05, 3.63) is 12.7 Å². The maximum atomic E-state index is 12.0. The van der Waals surface area contributed by atoms with Crippen LogP contribution in [0.5, 0.6) is 0 Å². The van der Waals surface area contributed by atoms with E-state index in [-0.39, 0.29) is 24.4 Å². The molecule has 0 bridgehead atoms. The van der Waals surface area contributed by atoms with Crippen LogP contribution in [0.3, 0.4) is 0 Å². The molecule has 0 aliphatic carbocycles. The molecule has 0 aromatic rings. The number of hydrogen-bond acceptors (Lipinski definition) is 3. The van der Waals surface area contributed by atoms with Gasteiger partial charge in [-0.2, -0.15) is 5.26 Å². The lowest BCUT2D eigenvalue weighted by Crippen LogP contribution is -2.45. The lowest BCUT2D eigenvalue weighted by Gasteiger charge is -2.27. The van der Waals surface area contributed by atoms with E-state index >= 15 is 0 Å². The topological polar surface area (TPSA) is 56.1 Å². The summed E-state index contributed by atoms with van der Waals surface area (Å²) in [6, 6.07) is 1.90. The molecule has 1 rings (SSSR count). The number of carbonyl (C=O) groups excluding carboxylic acids is 1. The molecular formula is C11H17N3O. The van der Waals surface area contributed by atoms with Crippen LogP contribution in [0, 0.1) is 11.3 Å². The molecule has 4 nitrogen and oxygen atoms in total. The van der Waals surface area contributed by atoms with Gasteiger partial charge in [0.05, 0.1) is 18.5 Å². The standard InChI is InChI=1S/C11H17N3O/c1-3-8-14-9(2)5-7-13-10(4-6-12)11(14)15/h3,9-10,13H,1,4-5,7-8H2,2H3. The highest BCUT2D eigenvalue weighted by molar-refractivity contribution is 5.82. The molecule has 0 aromatic heterocycles. The smallest absolute Gasteiger partial charge is 0.241 e. The molecule has 1 aliphatic heterocycles. The van der Waals surface area contributed by atoms with Crippen LogP contribution in [0.15, 0.2) is 12.7 Å². The Labute approximate surface area is 90.6 Å². The number of nitrogens with zero attached hydrogens (tertiary/aromatic N) is 2. The normalized spacial score (nSPS) is 26.9. The van der Waals surface area contributed by atoms with Gasteiger partial charge >= 0.3 is 0 Å². The molecule has 15 heavy (non-hydrogen) atoms. The molecule has 1 heterocycles. The molecule has 2 atom stereocenters. The van der Waals surface area contributed by atoms with Crippen molar-refractivity contribution >= 4 is 5.91 Å². The van der Waals surface area contributed by atoms with Crippen LogP contribution in [0.1, 0.15) is 19.8 Å². The van der Waals surface area contributed by atoms with Crippen LogP contribution in [-0.2, 0) is 4.79 Å². The molecular weight excluding hydrogens is 190 g/mol. The van der Waals surface area contributed by atoms with Gasteiger partial charge in [0.2, 0.25) is 5.91 Å². The first-order valence-electron chi connectivity index (χ1n) is 5.22. The van der Waals surface area contributed by atoms with Crippen LogP contribution in [-0.4, -0.2) is 36.0 Å². The van der Waals surface area contributed by atoms with Gasteiger partial charge in [0.1, 0.15) is 0 Å². The minimum Gasteiger partial charge on any atom is -0.335 e. The number of nitrogens with one attached hydrogen (secondary N) is 1. The van der Waals surface area contributed by atoms with E-state index in [1.165, 1.54) is 0 Å². The second-order valence-electron chi connectivity index (χ2n) is 3.79. The number of amides is 1. The SMILES string of the molecule is C=CCN1C(=O)C(CC#N)NCCC1C. The molecule has 2 unspecified atom stereocenters. The highest BCUT2D eigenvalue weighted by atomic mass is 16.2. The number of nitriles is 1. The highest BCUT2D eigenvalue weighted by Crippen LogP contribution is 2.11. The molecule has 82 valence electrons. The third-order valence-electron chi connectivity index (χ3n) is 2.69. The molecule has 1 N–H and O–H groups in total.